The van der Waals surface area contributed by atoms with Crippen molar-refractivity contribution >= 4 is 33.7 Å². The molecule has 3 aromatic heterocycles. The zero-order valence-corrected chi connectivity index (χ0v) is 19.4. The normalized spacial score (nSPS) is 12.1. The number of primary amides is 1. The van der Waals surface area contributed by atoms with Gasteiger partial charge < -0.3 is 10.7 Å². The highest BCUT2D eigenvalue weighted by Crippen LogP contribution is 2.28. The third kappa shape index (κ3) is 5.00. The number of carbonyl (C=O) groups is 2. The molecule has 0 spiro atoms. The Balaban J connectivity index is 1.70. The molecule has 0 aliphatic rings. The van der Waals surface area contributed by atoms with E-state index in [9.17, 15) is 18.2 Å². The fraction of sp³-hybridized carbons (Fsp3) is 0.167. The molecule has 4 N–H and O–H groups in total. The molecule has 0 aliphatic carbocycles. The molecule has 35 heavy (non-hydrogen) atoms. The van der Waals surface area contributed by atoms with Crippen molar-refractivity contribution in [1.82, 2.24) is 19.7 Å². The third-order valence-electron chi connectivity index (χ3n) is 5.34. The predicted octanol–water partition coefficient (Wildman–Crippen LogP) is 3.40. The number of rotatable bonds is 9. The van der Waals surface area contributed by atoms with Gasteiger partial charge in [-0.1, -0.05) is 19.1 Å². The monoisotopic (exact) mass is 497 g/mol. The number of benzene rings is 1. The first-order valence-corrected chi connectivity index (χ1v) is 12.0. The van der Waals surface area contributed by atoms with Gasteiger partial charge in [0.05, 0.1) is 16.5 Å². The minimum atomic E-state index is -1.36. The molecule has 4 aromatic rings. The Hall–Kier alpha value is -3.83. The summed E-state index contributed by atoms with van der Waals surface area (Å²) in [6.07, 6.45) is 5.00. The van der Waals surface area contributed by atoms with E-state index in [1.807, 2.05) is 6.92 Å². The number of nitrogens with zero attached hydrogens (tertiary/aromatic N) is 2. The van der Waals surface area contributed by atoms with E-state index in [0.29, 0.717) is 34.3 Å². The maximum atomic E-state index is 15.2. The molecule has 180 valence electrons. The second-order valence-corrected chi connectivity index (χ2v) is 9.10. The highest BCUT2D eigenvalue weighted by molar-refractivity contribution is 7.82. The summed E-state index contributed by atoms with van der Waals surface area (Å²) in [6, 6.07) is 6.96. The number of halogens is 2. The Morgan fingerprint density at radius 2 is 1.89 bits per heavy atom. The fourth-order valence-corrected chi connectivity index (χ4v) is 4.38. The van der Waals surface area contributed by atoms with E-state index in [1.54, 1.807) is 12.1 Å². The number of hydrogen-bond acceptors (Lipinski definition) is 5. The van der Waals surface area contributed by atoms with Gasteiger partial charge in [-0.2, -0.15) is 0 Å². The van der Waals surface area contributed by atoms with E-state index in [4.69, 9.17) is 5.73 Å². The number of hydrogen-bond donors (Lipinski definition) is 3. The van der Waals surface area contributed by atoms with Crippen molar-refractivity contribution in [2.24, 2.45) is 5.73 Å². The summed E-state index contributed by atoms with van der Waals surface area (Å²) in [5.74, 6) is -3.15. The topological polar surface area (TPSA) is 131 Å². The van der Waals surface area contributed by atoms with Crippen LogP contribution in [0.15, 0.2) is 48.9 Å². The number of fused-ring (bicyclic) bond motifs is 1. The highest BCUT2D eigenvalue weighted by Gasteiger charge is 2.24. The maximum absolute atomic E-state index is 15.2. The lowest BCUT2D eigenvalue weighted by Gasteiger charge is -2.10. The molecule has 0 saturated carbocycles. The molecule has 0 fully saturated rings. The number of aromatic amines is 1. The van der Waals surface area contributed by atoms with Gasteiger partial charge >= 0.3 is 0 Å². The van der Waals surface area contributed by atoms with Crippen LogP contribution in [0.1, 0.15) is 45.3 Å². The number of carbonyl (C=O) groups excluding carboxylic acids is 2. The standard InChI is InChI=1S/C24H21F2N5O3S/c1-2-7-35(34)31-11-14-3-5-18(25)20(21(14)26)22(32)17-12-30-24-16(17)8-15(10-29-24)13-4-6-19(23(27)33)28-9-13/h3-6,8-10,12,31H,2,7,11H2,1H3,(H2,27,33)(H,29,30). The summed E-state index contributed by atoms with van der Waals surface area (Å²) < 4.78 is 44.3. The summed E-state index contributed by atoms with van der Waals surface area (Å²) in [5.41, 5.74) is 6.21. The summed E-state index contributed by atoms with van der Waals surface area (Å²) in [6.45, 7) is 1.75. The largest absolute Gasteiger partial charge is 0.364 e. The quantitative estimate of drug-likeness (QED) is 0.305. The lowest BCUT2D eigenvalue weighted by Crippen LogP contribution is -2.20. The van der Waals surface area contributed by atoms with Crippen LogP contribution in [0.2, 0.25) is 0 Å². The molecule has 1 aromatic carbocycles. The number of aromatic nitrogens is 3. The minimum Gasteiger partial charge on any atom is -0.364 e. The van der Waals surface area contributed by atoms with Gasteiger partial charge in [-0.3, -0.25) is 14.6 Å². The van der Waals surface area contributed by atoms with Crippen LogP contribution in [0, 0.1) is 11.6 Å². The molecular formula is C24H21F2N5O3S. The first-order chi connectivity index (χ1) is 16.8. The predicted molar refractivity (Wildman–Crippen MR) is 128 cm³/mol. The van der Waals surface area contributed by atoms with E-state index < -0.39 is 39.9 Å². The van der Waals surface area contributed by atoms with E-state index in [0.717, 1.165) is 6.07 Å². The van der Waals surface area contributed by atoms with Gasteiger partial charge in [0.2, 0.25) is 5.78 Å². The number of amides is 1. The van der Waals surface area contributed by atoms with Crippen molar-refractivity contribution in [2.75, 3.05) is 5.75 Å². The van der Waals surface area contributed by atoms with Crippen molar-refractivity contribution in [3.05, 3.63) is 82.9 Å². The van der Waals surface area contributed by atoms with Gasteiger partial charge in [0, 0.05) is 58.5 Å². The zero-order valence-electron chi connectivity index (χ0n) is 18.6. The van der Waals surface area contributed by atoms with Gasteiger partial charge in [-0.05, 0) is 24.6 Å². The number of pyridine rings is 2. The molecule has 0 aliphatic heterocycles. The Morgan fingerprint density at radius 1 is 1.11 bits per heavy atom. The molecule has 8 nitrogen and oxygen atoms in total. The first-order valence-electron chi connectivity index (χ1n) is 10.7. The van der Waals surface area contributed by atoms with Crippen LogP contribution < -0.4 is 10.5 Å². The lowest BCUT2D eigenvalue weighted by atomic mass is 9.98. The number of nitrogens with one attached hydrogen (secondary N) is 2. The Kier molecular flexibility index (Phi) is 7.08. The Morgan fingerprint density at radius 3 is 2.57 bits per heavy atom. The average Bonchev–Trinajstić information content (AvgIpc) is 3.27. The first kappa shape index (κ1) is 24.3. The summed E-state index contributed by atoms with van der Waals surface area (Å²) >= 11 is 0. The molecule has 4 rings (SSSR count). The molecule has 1 unspecified atom stereocenters. The molecule has 1 amide bonds. The molecule has 11 heteroatoms. The van der Waals surface area contributed by atoms with E-state index in [1.165, 1.54) is 30.7 Å². The van der Waals surface area contributed by atoms with E-state index >= 15 is 4.39 Å². The van der Waals surface area contributed by atoms with Crippen molar-refractivity contribution in [3.63, 3.8) is 0 Å². The van der Waals surface area contributed by atoms with Crippen molar-refractivity contribution in [3.8, 4) is 11.1 Å². The van der Waals surface area contributed by atoms with E-state index in [-0.39, 0.29) is 23.4 Å². The SMILES string of the molecule is CCCS(=O)NCc1ccc(F)c(C(=O)c2c[nH]c3ncc(-c4ccc(C(N)=O)nc4)cc23)c1F. The highest BCUT2D eigenvalue weighted by atomic mass is 32.2. The van der Waals surface area contributed by atoms with Crippen molar-refractivity contribution in [2.45, 2.75) is 19.9 Å². The summed E-state index contributed by atoms with van der Waals surface area (Å²) in [7, 11) is -1.36. The maximum Gasteiger partial charge on any atom is 0.267 e. The molecule has 1 atom stereocenters. The van der Waals surface area contributed by atoms with Gasteiger partial charge in [0.1, 0.15) is 23.0 Å². The number of H-pyrrole nitrogens is 1. The Bertz CT molecular complexity index is 1450. The average molecular weight is 498 g/mol. The smallest absolute Gasteiger partial charge is 0.267 e. The van der Waals surface area contributed by atoms with Crippen molar-refractivity contribution in [1.29, 1.82) is 0 Å². The van der Waals surface area contributed by atoms with E-state index in [2.05, 4.69) is 19.7 Å². The third-order valence-corrected chi connectivity index (χ3v) is 6.58. The van der Waals surface area contributed by atoms with Crippen LogP contribution >= 0.6 is 0 Å². The molecule has 0 saturated heterocycles. The van der Waals surface area contributed by atoms with Crippen LogP contribution in [-0.2, 0) is 17.5 Å². The number of nitrogens with two attached hydrogens (primary N) is 1. The van der Waals surface area contributed by atoms with Crippen LogP contribution in [0.4, 0.5) is 8.78 Å². The zero-order chi connectivity index (χ0) is 25.1. The lowest BCUT2D eigenvalue weighted by molar-refractivity contribution is 0.0993. The van der Waals surface area contributed by atoms with Gasteiger partial charge in [-0.15, -0.1) is 0 Å². The fourth-order valence-electron chi connectivity index (χ4n) is 3.55. The summed E-state index contributed by atoms with van der Waals surface area (Å²) in [4.78, 5) is 35.6. The second kappa shape index (κ2) is 10.2. The second-order valence-electron chi connectivity index (χ2n) is 7.71. The van der Waals surface area contributed by atoms with Crippen LogP contribution in [-0.4, -0.2) is 36.6 Å². The van der Waals surface area contributed by atoms with Gasteiger partial charge in [0.15, 0.2) is 0 Å². The molecule has 3 heterocycles. The van der Waals surface area contributed by atoms with Crippen LogP contribution in [0.5, 0.6) is 0 Å². The summed E-state index contributed by atoms with van der Waals surface area (Å²) in [5, 5.41) is 0.359. The molecule has 0 bridgehead atoms. The van der Waals surface area contributed by atoms with Gasteiger partial charge in [-0.25, -0.2) is 22.7 Å². The molecule has 0 radical (unpaired) electrons. The van der Waals surface area contributed by atoms with Crippen molar-refractivity contribution < 1.29 is 22.6 Å². The van der Waals surface area contributed by atoms with Crippen LogP contribution in [0.25, 0.3) is 22.2 Å². The van der Waals surface area contributed by atoms with Gasteiger partial charge in [0.25, 0.3) is 5.91 Å². The van der Waals surface area contributed by atoms with Crippen LogP contribution in [0.3, 0.4) is 0 Å². The minimum absolute atomic E-state index is 0.0264. The number of ketones is 1. The Labute approximate surface area is 201 Å². The molecular weight excluding hydrogens is 476 g/mol.